The van der Waals surface area contributed by atoms with Crippen LogP contribution in [0, 0.1) is 0 Å². The van der Waals surface area contributed by atoms with Crippen LogP contribution in [-0.4, -0.2) is 37.2 Å². The Morgan fingerprint density at radius 2 is 0.629 bits per heavy atom. The van der Waals surface area contributed by atoms with E-state index in [-0.39, 0.29) is 31.1 Å². The number of hydrogen-bond acceptors (Lipinski definition) is 6. The molecule has 1 unspecified atom stereocenters. The van der Waals surface area contributed by atoms with Crippen molar-refractivity contribution >= 4 is 17.9 Å². The van der Waals surface area contributed by atoms with Crippen molar-refractivity contribution in [3.63, 3.8) is 0 Å². The zero-order valence-corrected chi connectivity index (χ0v) is 41.4. The minimum Gasteiger partial charge on any atom is -0.462 e. The van der Waals surface area contributed by atoms with Crippen LogP contribution in [0.15, 0.2) is 36.5 Å². The third-order valence-corrected chi connectivity index (χ3v) is 12.0. The van der Waals surface area contributed by atoms with E-state index >= 15 is 0 Å². The minimum atomic E-state index is -0.777. The van der Waals surface area contributed by atoms with Crippen LogP contribution >= 0.6 is 0 Å². The SMILES string of the molecule is CC\C=C/C=C\C=C/CCCCCCCC(=O)OC(COC(=O)CCCCCCCCCCCCCC)COC(=O)CCCCCCCCCCCCCCCCCCCCC. The summed E-state index contributed by atoms with van der Waals surface area (Å²) in [5.41, 5.74) is 0. The van der Waals surface area contributed by atoms with E-state index in [1.807, 2.05) is 0 Å². The summed E-state index contributed by atoms with van der Waals surface area (Å²) in [5.74, 6) is -0.883. The molecule has 0 saturated heterocycles. The van der Waals surface area contributed by atoms with Crippen molar-refractivity contribution in [2.75, 3.05) is 13.2 Å². The molecule has 0 aromatic rings. The van der Waals surface area contributed by atoms with E-state index in [1.165, 1.54) is 161 Å². The second kappa shape index (κ2) is 51.3. The van der Waals surface area contributed by atoms with Gasteiger partial charge in [0, 0.05) is 19.3 Å². The van der Waals surface area contributed by atoms with E-state index in [0.29, 0.717) is 19.3 Å². The van der Waals surface area contributed by atoms with Gasteiger partial charge in [0.2, 0.25) is 0 Å². The van der Waals surface area contributed by atoms with Gasteiger partial charge in [-0.25, -0.2) is 0 Å². The van der Waals surface area contributed by atoms with Crippen LogP contribution in [0.5, 0.6) is 0 Å². The van der Waals surface area contributed by atoms with Gasteiger partial charge in [-0.05, 0) is 38.5 Å². The molecule has 0 aliphatic heterocycles. The molecule has 0 aliphatic rings. The summed E-state index contributed by atoms with van der Waals surface area (Å²) < 4.78 is 16.8. The molecule has 0 aromatic heterocycles. The molecule has 0 aliphatic carbocycles. The number of carbonyl (C=O) groups excluding carboxylic acids is 3. The predicted molar refractivity (Wildman–Crippen MR) is 266 cm³/mol. The maximum atomic E-state index is 12.8. The van der Waals surface area contributed by atoms with Gasteiger partial charge in [0.1, 0.15) is 13.2 Å². The molecule has 0 fully saturated rings. The lowest BCUT2D eigenvalue weighted by Gasteiger charge is -2.18. The van der Waals surface area contributed by atoms with E-state index < -0.39 is 6.10 Å². The zero-order chi connectivity index (χ0) is 45.1. The highest BCUT2D eigenvalue weighted by Crippen LogP contribution is 2.17. The summed E-state index contributed by atoms with van der Waals surface area (Å²) in [4.78, 5) is 38.0. The molecule has 62 heavy (non-hydrogen) atoms. The molecule has 0 bridgehead atoms. The molecule has 1 atom stereocenters. The highest BCUT2D eigenvalue weighted by Gasteiger charge is 2.19. The van der Waals surface area contributed by atoms with Crippen LogP contribution in [-0.2, 0) is 28.6 Å². The Hall–Kier alpha value is -2.37. The van der Waals surface area contributed by atoms with Crippen LogP contribution in [0.1, 0.15) is 284 Å². The smallest absolute Gasteiger partial charge is 0.306 e. The second-order valence-electron chi connectivity index (χ2n) is 18.2. The lowest BCUT2D eigenvalue weighted by atomic mass is 10.0. The van der Waals surface area contributed by atoms with Crippen molar-refractivity contribution in [1.82, 2.24) is 0 Å². The number of hydrogen-bond donors (Lipinski definition) is 0. The Kier molecular flexibility index (Phi) is 49.3. The maximum Gasteiger partial charge on any atom is 0.306 e. The lowest BCUT2D eigenvalue weighted by Crippen LogP contribution is -2.30. The standard InChI is InChI=1S/C56H102O6/c1-4-7-10-13-16-19-22-25-26-27-28-29-30-32-34-37-40-43-46-49-55(58)61-52-53(51-60-54(57)48-45-42-39-36-33-24-21-18-15-12-9-6-3)62-56(59)50-47-44-41-38-35-31-23-20-17-14-11-8-5-2/h8,11,14,17,20,23,53H,4-7,9-10,12-13,15-16,18-19,21-22,24-52H2,1-3H3/b11-8-,17-14-,23-20-. The van der Waals surface area contributed by atoms with E-state index in [9.17, 15) is 14.4 Å². The highest BCUT2D eigenvalue weighted by molar-refractivity contribution is 5.71. The van der Waals surface area contributed by atoms with Crippen LogP contribution in [0.2, 0.25) is 0 Å². The monoisotopic (exact) mass is 871 g/mol. The van der Waals surface area contributed by atoms with Crippen molar-refractivity contribution in [2.24, 2.45) is 0 Å². The van der Waals surface area contributed by atoms with Crippen LogP contribution in [0.4, 0.5) is 0 Å². The molecule has 0 spiro atoms. The lowest BCUT2D eigenvalue weighted by molar-refractivity contribution is -0.167. The number of esters is 3. The molecular weight excluding hydrogens is 769 g/mol. The number of carbonyl (C=O) groups is 3. The summed E-state index contributed by atoms with van der Waals surface area (Å²) in [6.07, 6.45) is 59.9. The van der Waals surface area contributed by atoms with E-state index in [1.54, 1.807) is 0 Å². The number of rotatable bonds is 49. The molecule has 0 rings (SSSR count). The number of ether oxygens (including phenoxy) is 3. The number of allylic oxidation sites excluding steroid dienone is 6. The Labute approximate surface area is 385 Å². The Balaban J connectivity index is 4.30. The molecule has 362 valence electrons. The first-order valence-corrected chi connectivity index (χ1v) is 27.0. The van der Waals surface area contributed by atoms with Crippen LogP contribution < -0.4 is 0 Å². The molecule has 0 heterocycles. The van der Waals surface area contributed by atoms with Gasteiger partial charge < -0.3 is 14.2 Å². The maximum absolute atomic E-state index is 12.8. The predicted octanol–water partition coefficient (Wildman–Crippen LogP) is 17.7. The highest BCUT2D eigenvalue weighted by atomic mass is 16.6. The third-order valence-electron chi connectivity index (χ3n) is 12.0. The summed E-state index contributed by atoms with van der Waals surface area (Å²) in [6, 6.07) is 0. The molecule has 0 radical (unpaired) electrons. The third kappa shape index (κ3) is 48.7. The summed E-state index contributed by atoms with van der Waals surface area (Å²) in [5, 5.41) is 0. The van der Waals surface area contributed by atoms with Gasteiger partial charge in [0.05, 0.1) is 0 Å². The fourth-order valence-electron chi connectivity index (χ4n) is 7.91. The normalized spacial score (nSPS) is 12.2. The molecule has 0 amide bonds. The Morgan fingerprint density at radius 1 is 0.339 bits per heavy atom. The molecule has 6 heteroatoms. The van der Waals surface area contributed by atoms with Crippen molar-refractivity contribution in [1.29, 1.82) is 0 Å². The van der Waals surface area contributed by atoms with E-state index in [2.05, 4.69) is 57.2 Å². The molecule has 0 N–H and O–H groups in total. The molecular formula is C56H102O6. The minimum absolute atomic E-state index is 0.0762. The largest absolute Gasteiger partial charge is 0.462 e. The summed E-state index contributed by atoms with van der Waals surface area (Å²) in [6.45, 7) is 6.52. The van der Waals surface area contributed by atoms with Gasteiger partial charge in [-0.2, -0.15) is 0 Å². The van der Waals surface area contributed by atoms with Gasteiger partial charge in [-0.3, -0.25) is 14.4 Å². The van der Waals surface area contributed by atoms with Crippen molar-refractivity contribution in [2.45, 2.75) is 290 Å². The van der Waals surface area contributed by atoms with Gasteiger partial charge in [0.15, 0.2) is 6.10 Å². The van der Waals surface area contributed by atoms with Crippen molar-refractivity contribution in [3.8, 4) is 0 Å². The van der Waals surface area contributed by atoms with Gasteiger partial charge in [0.25, 0.3) is 0 Å². The zero-order valence-electron chi connectivity index (χ0n) is 41.4. The van der Waals surface area contributed by atoms with Gasteiger partial charge in [-0.1, -0.05) is 263 Å². The van der Waals surface area contributed by atoms with Gasteiger partial charge in [-0.15, -0.1) is 0 Å². The molecule has 6 nitrogen and oxygen atoms in total. The first-order valence-electron chi connectivity index (χ1n) is 27.0. The Morgan fingerprint density at radius 3 is 0.968 bits per heavy atom. The summed E-state index contributed by atoms with van der Waals surface area (Å²) >= 11 is 0. The summed E-state index contributed by atoms with van der Waals surface area (Å²) in [7, 11) is 0. The first-order chi connectivity index (χ1) is 30.5. The van der Waals surface area contributed by atoms with Crippen molar-refractivity contribution < 1.29 is 28.6 Å². The second-order valence-corrected chi connectivity index (χ2v) is 18.2. The van der Waals surface area contributed by atoms with Gasteiger partial charge >= 0.3 is 17.9 Å². The van der Waals surface area contributed by atoms with E-state index in [0.717, 1.165) is 83.5 Å². The first kappa shape index (κ1) is 59.6. The van der Waals surface area contributed by atoms with E-state index in [4.69, 9.17) is 14.2 Å². The topological polar surface area (TPSA) is 78.9 Å². The fourth-order valence-corrected chi connectivity index (χ4v) is 7.91. The average molecular weight is 871 g/mol. The van der Waals surface area contributed by atoms with Crippen LogP contribution in [0.3, 0.4) is 0 Å². The van der Waals surface area contributed by atoms with Crippen molar-refractivity contribution in [3.05, 3.63) is 36.5 Å². The molecule has 0 saturated carbocycles. The fraction of sp³-hybridized carbons (Fsp3) is 0.839. The molecule has 0 aromatic carbocycles. The quantitative estimate of drug-likeness (QED) is 0.0262. The average Bonchev–Trinajstić information content (AvgIpc) is 3.27. The number of unbranched alkanes of at least 4 members (excludes halogenated alkanes) is 34. The Bertz CT molecular complexity index is 1050. The van der Waals surface area contributed by atoms with Crippen LogP contribution in [0.25, 0.3) is 0 Å².